The molecule has 1 fully saturated rings. The highest BCUT2D eigenvalue weighted by Gasteiger charge is 2.25. The quantitative estimate of drug-likeness (QED) is 0.737. The van der Waals surface area contributed by atoms with Crippen LogP contribution in [0.5, 0.6) is 0 Å². The summed E-state index contributed by atoms with van der Waals surface area (Å²) in [6.45, 7) is 5.82. The van der Waals surface area contributed by atoms with Gasteiger partial charge in [-0.15, -0.1) is 0 Å². The number of hydrogen-bond donors (Lipinski definition) is 2. The number of hydrogen-bond acceptors (Lipinski definition) is 0. The van der Waals surface area contributed by atoms with Crippen LogP contribution in [0, 0.1) is 6.92 Å². The standard InChI is InChI=1S/C14H22N2/c1-12-5-7-13(8-6-12)14(11-15)16-9-3-2-4-10-16/h5-8,14H,2-4,9-11,15H2,1H3/p+2/t14-/m0/s1. The Balaban J connectivity index is 2.11. The van der Waals surface area contributed by atoms with Crippen molar-refractivity contribution < 1.29 is 10.6 Å². The molecule has 0 saturated carbocycles. The number of benzene rings is 1. The zero-order valence-electron chi connectivity index (χ0n) is 10.3. The molecular formula is C14H24N2+2. The van der Waals surface area contributed by atoms with Gasteiger partial charge in [-0.3, -0.25) is 0 Å². The summed E-state index contributed by atoms with van der Waals surface area (Å²) in [6.07, 6.45) is 4.19. The Kier molecular flexibility index (Phi) is 3.97. The normalized spacial score (nSPS) is 19.6. The summed E-state index contributed by atoms with van der Waals surface area (Å²) in [5.41, 5.74) is 6.96. The van der Waals surface area contributed by atoms with Crippen molar-refractivity contribution in [3.63, 3.8) is 0 Å². The first-order chi connectivity index (χ1) is 7.81. The van der Waals surface area contributed by atoms with Crippen molar-refractivity contribution in [3.8, 4) is 0 Å². The van der Waals surface area contributed by atoms with Gasteiger partial charge in [0.1, 0.15) is 6.54 Å². The Hall–Kier alpha value is -0.860. The molecule has 1 aliphatic heterocycles. The summed E-state index contributed by atoms with van der Waals surface area (Å²) in [6, 6.07) is 9.63. The summed E-state index contributed by atoms with van der Waals surface area (Å²) >= 11 is 0. The van der Waals surface area contributed by atoms with Crippen LogP contribution < -0.4 is 10.6 Å². The molecule has 0 aliphatic carbocycles. The van der Waals surface area contributed by atoms with E-state index in [0.717, 1.165) is 6.54 Å². The lowest BCUT2D eigenvalue weighted by atomic mass is 10.0. The molecule has 1 saturated heterocycles. The predicted octanol–water partition coefficient (Wildman–Crippen LogP) is 0.347. The minimum Gasteiger partial charge on any atom is -0.352 e. The number of quaternary nitrogens is 2. The Morgan fingerprint density at radius 2 is 1.75 bits per heavy atom. The molecule has 0 bridgehead atoms. The van der Waals surface area contributed by atoms with Crippen LogP contribution in [0.3, 0.4) is 0 Å². The molecule has 0 spiro atoms. The predicted molar refractivity (Wildman–Crippen MR) is 66.2 cm³/mol. The van der Waals surface area contributed by atoms with Gasteiger partial charge in [0.15, 0.2) is 6.04 Å². The minimum absolute atomic E-state index is 0.612. The van der Waals surface area contributed by atoms with E-state index in [9.17, 15) is 0 Å². The molecule has 0 amide bonds. The van der Waals surface area contributed by atoms with Crippen molar-refractivity contribution in [2.24, 2.45) is 0 Å². The van der Waals surface area contributed by atoms with Crippen molar-refractivity contribution in [1.29, 1.82) is 0 Å². The monoisotopic (exact) mass is 220 g/mol. The van der Waals surface area contributed by atoms with Gasteiger partial charge >= 0.3 is 0 Å². The van der Waals surface area contributed by atoms with E-state index in [1.54, 1.807) is 4.90 Å². The molecular weight excluding hydrogens is 196 g/mol. The fourth-order valence-corrected chi connectivity index (χ4v) is 2.76. The molecule has 88 valence electrons. The molecule has 2 rings (SSSR count). The maximum Gasteiger partial charge on any atom is 0.162 e. The van der Waals surface area contributed by atoms with E-state index in [4.69, 9.17) is 0 Å². The van der Waals surface area contributed by atoms with Crippen LogP contribution in [-0.2, 0) is 0 Å². The van der Waals surface area contributed by atoms with Crippen molar-refractivity contribution in [2.45, 2.75) is 32.2 Å². The van der Waals surface area contributed by atoms with E-state index < -0.39 is 0 Å². The first-order valence-corrected chi connectivity index (χ1v) is 6.51. The molecule has 2 nitrogen and oxygen atoms in total. The molecule has 0 unspecified atom stereocenters. The number of aryl methyl sites for hydroxylation is 1. The average Bonchev–Trinajstić information content (AvgIpc) is 2.34. The summed E-state index contributed by atoms with van der Waals surface area (Å²) in [4.78, 5) is 1.74. The molecule has 1 aliphatic rings. The Morgan fingerprint density at radius 1 is 1.12 bits per heavy atom. The van der Waals surface area contributed by atoms with Crippen LogP contribution in [0.2, 0.25) is 0 Å². The van der Waals surface area contributed by atoms with E-state index in [1.165, 1.54) is 43.5 Å². The van der Waals surface area contributed by atoms with Gasteiger partial charge in [0.05, 0.1) is 13.1 Å². The van der Waals surface area contributed by atoms with Gasteiger partial charge in [0, 0.05) is 5.56 Å². The summed E-state index contributed by atoms with van der Waals surface area (Å²) < 4.78 is 0. The molecule has 1 aromatic rings. The van der Waals surface area contributed by atoms with Crippen LogP contribution in [0.15, 0.2) is 24.3 Å². The fourth-order valence-electron chi connectivity index (χ4n) is 2.76. The van der Waals surface area contributed by atoms with Gasteiger partial charge in [-0.05, 0) is 26.2 Å². The molecule has 1 aromatic carbocycles. The smallest absolute Gasteiger partial charge is 0.162 e. The molecule has 16 heavy (non-hydrogen) atoms. The number of piperidine rings is 1. The molecule has 1 heterocycles. The third-order valence-electron chi connectivity index (χ3n) is 3.76. The van der Waals surface area contributed by atoms with E-state index in [2.05, 4.69) is 36.9 Å². The SMILES string of the molecule is Cc1ccc([C@H](C[NH3+])[NH+]2CCCCC2)cc1. The highest BCUT2D eigenvalue weighted by molar-refractivity contribution is 5.22. The van der Waals surface area contributed by atoms with Crippen LogP contribution in [-0.4, -0.2) is 19.6 Å². The zero-order valence-corrected chi connectivity index (χ0v) is 10.3. The van der Waals surface area contributed by atoms with E-state index >= 15 is 0 Å². The van der Waals surface area contributed by atoms with Gasteiger partial charge in [-0.1, -0.05) is 29.8 Å². The lowest BCUT2D eigenvalue weighted by molar-refractivity contribution is -0.942. The van der Waals surface area contributed by atoms with Gasteiger partial charge in [0.25, 0.3) is 0 Å². The number of likely N-dealkylation sites (tertiary alicyclic amines) is 1. The van der Waals surface area contributed by atoms with Crippen molar-refractivity contribution in [2.75, 3.05) is 19.6 Å². The third kappa shape index (κ3) is 2.63. The Morgan fingerprint density at radius 3 is 2.31 bits per heavy atom. The zero-order chi connectivity index (χ0) is 11.4. The van der Waals surface area contributed by atoms with Gasteiger partial charge < -0.3 is 10.6 Å². The van der Waals surface area contributed by atoms with Crippen LogP contribution in [0.4, 0.5) is 0 Å². The van der Waals surface area contributed by atoms with Crippen molar-refractivity contribution >= 4 is 0 Å². The molecule has 2 heteroatoms. The first kappa shape index (κ1) is 11.6. The molecule has 1 atom stereocenters. The van der Waals surface area contributed by atoms with Gasteiger partial charge in [-0.25, -0.2) is 0 Å². The highest BCUT2D eigenvalue weighted by Crippen LogP contribution is 2.11. The maximum absolute atomic E-state index is 4.14. The Bertz CT molecular complexity index is 312. The second kappa shape index (κ2) is 5.46. The molecule has 4 N–H and O–H groups in total. The largest absolute Gasteiger partial charge is 0.352 e. The second-order valence-electron chi connectivity index (χ2n) is 4.97. The van der Waals surface area contributed by atoms with E-state index in [0.29, 0.717) is 6.04 Å². The lowest BCUT2D eigenvalue weighted by Gasteiger charge is -2.30. The van der Waals surface area contributed by atoms with E-state index in [-0.39, 0.29) is 0 Å². The summed E-state index contributed by atoms with van der Waals surface area (Å²) in [5.74, 6) is 0. The number of rotatable bonds is 3. The highest BCUT2D eigenvalue weighted by atomic mass is 15.2. The topological polar surface area (TPSA) is 32.1 Å². The van der Waals surface area contributed by atoms with Crippen LogP contribution in [0.25, 0.3) is 0 Å². The summed E-state index contributed by atoms with van der Waals surface area (Å²) in [7, 11) is 0. The average molecular weight is 220 g/mol. The lowest BCUT2D eigenvalue weighted by Crippen LogP contribution is -3.14. The van der Waals surface area contributed by atoms with E-state index in [1.807, 2.05) is 0 Å². The molecule has 0 radical (unpaired) electrons. The van der Waals surface area contributed by atoms with Gasteiger partial charge in [0.2, 0.25) is 0 Å². The number of nitrogens with one attached hydrogen (secondary N) is 1. The second-order valence-corrected chi connectivity index (χ2v) is 4.97. The third-order valence-corrected chi connectivity index (χ3v) is 3.76. The van der Waals surface area contributed by atoms with Crippen molar-refractivity contribution in [1.82, 2.24) is 0 Å². The van der Waals surface area contributed by atoms with Crippen LogP contribution >= 0.6 is 0 Å². The summed E-state index contributed by atoms with van der Waals surface area (Å²) in [5, 5.41) is 0. The fraction of sp³-hybridized carbons (Fsp3) is 0.571. The molecule has 0 aromatic heterocycles. The van der Waals surface area contributed by atoms with Gasteiger partial charge in [-0.2, -0.15) is 0 Å². The Labute approximate surface area is 98.4 Å². The maximum atomic E-state index is 4.14. The van der Waals surface area contributed by atoms with Crippen LogP contribution in [0.1, 0.15) is 36.4 Å². The van der Waals surface area contributed by atoms with Crippen molar-refractivity contribution in [3.05, 3.63) is 35.4 Å². The first-order valence-electron chi connectivity index (χ1n) is 6.51. The minimum atomic E-state index is 0.612.